The van der Waals surface area contributed by atoms with Gasteiger partial charge in [0.1, 0.15) is 27.7 Å². The van der Waals surface area contributed by atoms with Crippen molar-refractivity contribution < 1.29 is 4.42 Å². The Morgan fingerprint density at radius 1 is 0.174 bits per heavy atom. The second kappa shape index (κ2) is 32.2. The molecule has 0 aliphatic rings. The molecular formula is C122H77N9O. The van der Waals surface area contributed by atoms with Crippen LogP contribution in [-0.4, -0.2) is 43.6 Å². The summed E-state index contributed by atoms with van der Waals surface area (Å²) in [6, 6.07) is 164. The van der Waals surface area contributed by atoms with Gasteiger partial charge in [0.15, 0.2) is 16.9 Å². The minimum absolute atomic E-state index is 0.853. The number of hydrogen-bond acceptors (Lipinski definition) is 7. The first-order chi connectivity index (χ1) is 65.4. The van der Waals surface area contributed by atoms with Crippen LogP contribution in [0.4, 0.5) is 0 Å². The monoisotopic (exact) mass is 1680 g/mol. The summed E-state index contributed by atoms with van der Waals surface area (Å²) in [7, 11) is 0. The average Bonchev–Trinajstić information content (AvgIpc) is 1.56. The van der Waals surface area contributed by atoms with Crippen molar-refractivity contribution in [3.63, 3.8) is 0 Å². The number of nitrogens with zero attached hydrogens (tertiary/aromatic N) is 9. The molecule has 0 N–H and O–H groups in total. The van der Waals surface area contributed by atoms with E-state index in [-0.39, 0.29) is 0 Å². The Hall–Kier alpha value is -17.9. The molecule has 0 saturated heterocycles. The van der Waals surface area contributed by atoms with E-state index in [1.54, 1.807) is 0 Å². The Morgan fingerprint density at radius 3 is 1.08 bits per heavy atom. The van der Waals surface area contributed by atoms with E-state index in [4.69, 9.17) is 34.3 Å². The van der Waals surface area contributed by atoms with Crippen molar-refractivity contribution in [1.29, 1.82) is 0 Å². The van der Waals surface area contributed by atoms with Crippen molar-refractivity contribution in [2.75, 3.05) is 0 Å². The molecular weight excluding hydrogens is 1610 g/mol. The summed E-state index contributed by atoms with van der Waals surface area (Å²) in [5.41, 5.74) is 37.5. The first-order valence-corrected chi connectivity index (χ1v) is 44.6. The average molecular weight is 1690 g/mol. The predicted octanol–water partition coefficient (Wildman–Crippen LogP) is 31.7. The van der Waals surface area contributed by atoms with Gasteiger partial charge in [-0.15, -0.1) is 0 Å². The highest BCUT2D eigenvalue weighted by atomic mass is 16.3. The van der Waals surface area contributed by atoms with E-state index in [9.17, 15) is 0 Å². The van der Waals surface area contributed by atoms with Crippen molar-refractivity contribution >= 4 is 143 Å². The van der Waals surface area contributed by atoms with Gasteiger partial charge in [0.2, 0.25) is 0 Å². The van der Waals surface area contributed by atoms with Crippen molar-refractivity contribution in [2.45, 2.75) is 0 Å². The fraction of sp³-hybridized carbons (Fsp3) is 0. The maximum absolute atomic E-state index is 6.34. The van der Waals surface area contributed by atoms with Crippen molar-refractivity contribution in [3.8, 4) is 106 Å². The normalized spacial score (nSPS) is 11.6. The molecule has 0 aliphatic heterocycles. The Kier molecular flexibility index (Phi) is 18.7. The van der Waals surface area contributed by atoms with E-state index in [2.05, 4.69) is 438 Å². The minimum Gasteiger partial charge on any atom is -0.455 e. The van der Waals surface area contributed by atoms with Crippen LogP contribution >= 0.6 is 0 Å². The molecule has 0 spiro atoms. The molecule has 0 atom stereocenters. The second-order valence-corrected chi connectivity index (χ2v) is 33.6. The summed E-state index contributed by atoms with van der Waals surface area (Å²) in [5, 5.41) is 10.3. The summed E-state index contributed by atoms with van der Waals surface area (Å²) >= 11 is 0. The van der Waals surface area contributed by atoms with Gasteiger partial charge in [-0.3, -0.25) is 13.7 Å². The molecule has 616 valence electrons. The van der Waals surface area contributed by atoms with Crippen LogP contribution in [0.2, 0.25) is 0 Å². The molecule has 10 nitrogen and oxygen atoms in total. The lowest BCUT2D eigenvalue weighted by Crippen LogP contribution is -1.98. The van der Waals surface area contributed by atoms with Gasteiger partial charge in [-0.2, -0.15) is 0 Å². The SMILES string of the molecule is c1ccc(-c2cc(-c3ccccc3)cc(-c3ccc4nc5c(nc4c3)c3ccccc3n5-c3cccc4c(-c5ccccc5)cccc34)c2)cc1.c1ccc(-c2cc(-c3ccccc3)cc(-c3ccc4nc5c(nc4c3)c3ccccc3n5-c3cccc4ccccc34)c2)cc1.c1ccc(-n2c3ccc(-c4cccc5c4oc4ccccc45)cc3c3nc4ccccc4nc32)cc1. The van der Waals surface area contributed by atoms with Crippen LogP contribution in [-0.2, 0) is 0 Å². The standard InChI is InChI=1S/C48H31N3.C42H27N3.C32H19N3O/c1-4-14-32(15-5-1)36-28-37(33-16-6-2-7-17-33)30-38(29-36)35-26-27-43-44(31-35)49-47-42-20-10-11-24-46(42)51(48(47)50-43)45-25-13-22-40-39(21-12-23-41(40)45)34-18-8-3-9-19-34;1-3-12-28(13-4-1)32-24-33(29-14-5-2-6-15-29)26-34(25-32)31-22-23-37-38(27-31)43-41-36-19-9-10-20-40(36)45(42(41)44-37)39-21-11-17-30-16-7-8-18-35(30)39;1-2-9-21(10-3-1)35-28-18-17-20(19-25(28)30-32(35)34-27-15-6-5-14-26(27)33-30)22-12-8-13-24-23-11-4-7-16-29(23)36-31(22)24/h1-31H;1-27H;1-19H. The van der Waals surface area contributed by atoms with Crippen LogP contribution in [0.15, 0.2) is 472 Å². The Labute approximate surface area is 758 Å². The second-order valence-electron chi connectivity index (χ2n) is 33.6. The van der Waals surface area contributed by atoms with Crippen LogP contribution in [0.5, 0.6) is 0 Å². The molecule has 0 unspecified atom stereocenters. The van der Waals surface area contributed by atoms with E-state index in [0.717, 1.165) is 172 Å². The number of aromatic nitrogens is 9. The third-order valence-corrected chi connectivity index (χ3v) is 25.7. The molecule has 7 aromatic heterocycles. The van der Waals surface area contributed by atoms with Crippen LogP contribution in [0.3, 0.4) is 0 Å². The van der Waals surface area contributed by atoms with E-state index >= 15 is 0 Å². The summed E-state index contributed by atoms with van der Waals surface area (Å²) < 4.78 is 13.1. The summed E-state index contributed by atoms with van der Waals surface area (Å²) in [4.78, 5) is 31.4. The summed E-state index contributed by atoms with van der Waals surface area (Å²) in [5.74, 6) is 0. The largest absolute Gasteiger partial charge is 0.455 e. The Morgan fingerprint density at radius 2 is 0.530 bits per heavy atom. The fourth-order valence-corrected chi connectivity index (χ4v) is 19.5. The van der Waals surface area contributed by atoms with E-state index in [1.165, 1.54) is 77.2 Å². The van der Waals surface area contributed by atoms with Gasteiger partial charge in [-0.05, 0) is 222 Å². The highest BCUT2D eigenvalue weighted by Gasteiger charge is 2.24. The molecule has 0 saturated carbocycles. The predicted molar refractivity (Wildman–Crippen MR) is 547 cm³/mol. The number of rotatable bonds is 11. The maximum Gasteiger partial charge on any atom is 0.165 e. The highest BCUT2D eigenvalue weighted by Crippen LogP contribution is 2.45. The third-order valence-electron chi connectivity index (χ3n) is 25.7. The molecule has 0 amide bonds. The molecule has 27 rings (SSSR count). The smallest absolute Gasteiger partial charge is 0.165 e. The summed E-state index contributed by atoms with van der Waals surface area (Å²) in [6.07, 6.45) is 0. The molecule has 0 fully saturated rings. The molecule has 0 bridgehead atoms. The molecule has 20 aromatic carbocycles. The first kappa shape index (κ1) is 76.6. The van der Waals surface area contributed by atoms with Gasteiger partial charge in [-0.25, -0.2) is 29.9 Å². The molecule has 132 heavy (non-hydrogen) atoms. The first-order valence-electron chi connectivity index (χ1n) is 44.6. The molecule has 0 aliphatic carbocycles. The van der Waals surface area contributed by atoms with Gasteiger partial charge in [0, 0.05) is 49.0 Å². The molecule has 27 aromatic rings. The van der Waals surface area contributed by atoms with E-state index in [0.29, 0.717) is 0 Å². The van der Waals surface area contributed by atoms with E-state index < -0.39 is 0 Å². The van der Waals surface area contributed by atoms with Crippen LogP contribution in [0, 0.1) is 0 Å². The summed E-state index contributed by atoms with van der Waals surface area (Å²) in [6.45, 7) is 0. The zero-order valence-corrected chi connectivity index (χ0v) is 71.4. The minimum atomic E-state index is 0.853. The Balaban J connectivity index is 0.000000108. The number of furan rings is 1. The quantitative estimate of drug-likeness (QED) is 0.127. The Bertz CT molecular complexity index is 9090. The topological polar surface area (TPSA) is 105 Å². The van der Waals surface area contributed by atoms with Gasteiger partial charge in [-0.1, -0.05) is 340 Å². The molecule has 10 heteroatoms. The van der Waals surface area contributed by atoms with Crippen molar-refractivity contribution in [2.24, 2.45) is 0 Å². The lowest BCUT2D eigenvalue weighted by atomic mass is 9.93. The van der Waals surface area contributed by atoms with Crippen LogP contribution < -0.4 is 0 Å². The van der Waals surface area contributed by atoms with Gasteiger partial charge >= 0.3 is 0 Å². The van der Waals surface area contributed by atoms with Gasteiger partial charge in [0.05, 0.1) is 61.0 Å². The maximum atomic E-state index is 6.34. The zero-order valence-electron chi connectivity index (χ0n) is 71.4. The number of hydrogen-bond donors (Lipinski definition) is 0. The highest BCUT2D eigenvalue weighted by molar-refractivity contribution is 6.15. The van der Waals surface area contributed by atoms with Crippen LogP contribution in [0.25, 0.3) is 249 Å². The van der Waals surface area contributed by atoms with Gasteiger partial charge in [0.25, 0.3) is 0 Å². The van der Waals surface area contributed by atoms with E-state index in [1.807, 2.05) is 42.5 Å². The van der Waals surface area contributed by atoms with Crippen molar-refractivity contribution in [3.05, 3.63) is 467 Å². The fourth-order valence-electron chi connectivity index (χ4n) is 19.5. The molecule has 0 radical (unpaired) electrons. The lowest BCUT2D eigenvalue weighted by molar-refractivity contribution is 0.670. The van der Waals surface area contributed by atoms with Crippen LogP contribution in [0.1, 0.15) is 0 Å². The number of para-hydroxylation sites is 7. The van der Waals surface area contributed by atoms with Gasteiger partial charge < -0.3 is 4.42 Å². The van der Waals surface area contributed by atoms with Crippen molar-refractivity contribution in [1.82, 2.24) is 43.6 Å². The number of fused-ring (bicyclic) bond motifs is 17. The zero-order chi connectivity index (χ0) is 87.1. The molecule has 7 heterocycles. The number of benzene rings is 20. The lowest BCUT2D eigenvalue weighted by Gasteiger charge is -2.14. The third kappa shape index (κ3) is 13.5.